The highest BCUT2D eigenvalue weighted by Gasteiger charge is 2.52. The number of rotatable bonds is 2. The molecule has 0 aliphatic carbocycles. The minimum atomic E-state index is -4.51. The monoisotopic (exact) mass is 352 g/mol. The predicted octanol–water partition coefficient (Wildman–Crippen LogP) is 3.50. The second kappa shape index (κ2) is 5.61. The fraction of sp³-hybridized carbons (Fsp3) is 0.471. The zero-order valence-corrected chi connectivity index (χ0v) is 14.8. The summed E-state index contributed by atoms with van der Waals surface area (Å²) in [7, 11) is -0.843. The lowest BCUT2D eigenvalue weighted by Gasteiger charge is -2.32. The molecule has 0 atom stereocenters. The third-order valence-corrected chi connectivity index (χ3v) is 4.94. The summed E-state index contributed by atoms with van der Waals surface area (Å²) in [6.07, 6.45) is -1.53. The van der Waals surface area contributed by atoms with Crippen LogP contribution in [0.25, 0.3) is 5.69 Å². The van der Waals surface area contributed by atoms with Crippen molar-refractivity contribution in [3.05, 3.63) is 42.0 Å². The maximum atomic E-state index is 13.6. The van der Waals surface area contributed by atoms with Gasteiger partial charge in [0.05, 0.1) is 22.5 Å². The van der Waals surface area contributed by atoms with E-state index in [0.717, 1.165) is 6.07 Å². The van der Waals surface area contributed by atoms with Gasteiger partial charge in [-0.15, -0.1) is 0 Å². The predicted molar refractivity (Wildman–Crippen MR) is 89.0 cm³/mol. The molecule has 25 heavy (non-hydrogen) atoms. The Balaban J connectivity index is 2.06. The van der Waals surface area contributed by atoms with Crippen LogP contribution in [0.15, 0.2) is 30.6 Å². The smallest absolute Gasteiger partial charge is 0.399 e. The van der Waals surface area contributed by atoms with E-state index in [1.165, 1.54) is 23.0 Å². The van der Waals surface area contributed by atoms with E-state index >= 15 is 0 Å². The summed E-state index contributed by atoms with van der Waals surface area (Å²) in [6, 6.07) is 4.13. The molecule has 1 fully saturated rings. The number of aromatic nitrogens is 2. The third-order valence-electron chi connectivity index (χ3n) is 4.94. The van der Waals surface area contributed by atoms with Crippen molar-refractivity contribution in [1.82, 2.24) is 9.55 Å². The van der Waals surface area contributed by atoms with Crippen molar-refractivity contribution < 1.29 is 22.5 Å². The zero-order chi connectivity index (χ0) is 18.6. The summed E-state index contributed by atoms with van der Waals surface area (Å²) in [5.41, 5.74) is -1.61. The van der Waals surface area contributed by atoms with Crippen molar-refractivity contribution in [2.75, 3.05) is 0 Å². The second-order valence-electron chi connectivity index (χ2n) is 7.21. The summed E-state index contributed by atoms with van der Waals surface area (Å²) in [6.45, 7) is 9.10. The minimum Gasteiger partial charge on any atom is -0.399 e. The molecular weight excluding hydrogens is 332 g/mol. The van der Waals surface area contributed by atoms with Crippen LogP contribution in [0.1, 0.15) is 39.1 Å². The van der Waals surface area contributed by atoms with E-state index in [1.54, 1.807) is 13.0 Å². The van der Waals surface area contributed by atoms with Crippen LogP contribution in [0.2, 0.25) is 0 Å². The van der Waals surface area contributed by atoms with Crippen molar-refractivity contribution in [2.24, 2.45) is 0 Å². The zero-order valence-electron chi connectivity index (χ0n) is 14.8. The molecule has 3 rings (SSSR count). The molecule has 0 spiro atoms. The summed E-state index contributed by atoms with van der Waals surface area (Å²) < 4.78 is 54.0. The molecule has 0 saturated carbocycles. The van der Waals surface area contributed by atoms with Crippen LogP contribution in [0.3, 0.4) is 0 Å². The molecule has 1 aliphatic rings. The highest BCUT2D eigenvalue weighted by Crippen LogP contribution is 2.38. The van der Waals surface area contributed by atoms with Crippen LogP contribution in [0.4, 0.5) is 13.2 Å². The van der Waals surface area contributed by atoms with Gasteiger partial charge in [0.2, 0.25) is 0 Å². The molecular formula is C17H20BF3N2O2. The van der Waals surface area contributed by atoms with Gasteiger partial charge < -0.3 is 13.9 Å². The lowest BCUT2D eigenvalue weighted by molar-refractivity contribution is -0.137. The number of imidazole rings is 1. The summed E-state index contributed by atoms with van der Waals surface area (Å²) in [5, 5.41) is 0. The molecule has 0 unspecified atom stereocenters. The molecule has 4 nitrogen and oxygen atoms in total. The lowest BCUT2D eigenvalue weighted by atomic mass is 9.78. The van der Waals surface area contributed by atoms with Crippen LogP contribution in [-0.2, 0) is 15.5 Å². The van der Waals surface area contributed by atoms with Crippen molar-refractivity contribution in [3.63, 3.8) is 0 Å². The van der Waals surface area contributed by atoms with E-state index in [0.29, 0.717) is 11.3 Å². The van der Waals surface area contributed by atoms with Crippen molar-refractivity contribution in [2.45, 2.75) is 52.0 Å². The van der Waals surface area contributed by atoms with Gasteiger partial charge >= 0.3 is 13.3 Å². The first-order valence-electron chi connectivity index (χ1n) is 7.99. The first kappa shape index (κ1) is 18.0. The molecule has 1 aromatic heterocycles. The van der Waals surface area contributed by atoms with E-state index in [1.807, 2.05) is 27.7 Å². The number of hydrogen-bond acceptors (Lipinski definition) is 3. The third kappa shape index (κ3) is 3.09. The molecule has 0 radical (unpaired) electrons. The Hall–Kier alpha value is -1.80. The van der Waals surface area contributed by atoms with Gasteiger partial charge in [-0.1, -0.05) is 6.07 Å². The first-order valence-corrected chi connectivity index (χ1v) is 7.99. The molecule has 2 heterocycles. The quantitative estimate of drug-likeness (QED) is 0.777. The molecule has 0 amide bonds. The Kier molecular flexibility index (Phi) is 4.04. The van der Waals surface area contributed by atoms with Crippen molar-refractivity contribution >= 4 is 12.6 Å². The van der Waals surface area contributed by atoms with Gasteiger partial charge in [0.25, 0.3) is 0 Å². The fourth-order valence-corrected chi connectivity index (χ4v) is 2.75. The number of halogens is 3. The lowest BCUT2D eigenvalue weighted by Crippen LogP contribution is -2.41. The number of nitrogens with zero attached hydrogens (tertiary/aromatic N) is 2. The summed E-state index contributed by atoms with van der Waals surface area (Å²) in [4.78, 5) is 4.00. The van der Waals surface area contributed by atoms with Gasteiger partial charge in [-0.3, -0.25) is 0 Å². The SMILES string of the molecule is Cc1nccn1-c1ccc(B2OC(C)(C)C(C)(C)O2)cc1C(F)(F)F. The Morgan fingerprint density at radius 3 is 2.16 bits per heavy atom. The van der Waals surface area contributed by atoms with Gasteiger partial charge in [-0.2, -0.15) is 13.2 Å². The summed E-state index contributed by atoms with van der Waals surface area (Å²) >= 11 is 0. The van der Waals surface area contributed by atoms with Crippen LogP contribution in [0.5, 0.6) is 0 Å². The maximum absolute atomic E-state index is 13.6. The maximum Gasteiger partial charge on any atom is 0.494 e. The van der Waals surface area contributed by atoms with Crippen LogP contribution >= 0.6 is 0 Å². The topological polar surface area (TPSA) is 36.3 Å². The molecule has 0 bridgehead atoms. The van der Waals surface area contributed by atoms with Gasteiger partial charge in [0.15, 0.2) is 0 Å². The van der Waals surface area contributed by atoms with Crippen LogP contribution in [-0.4, -0.2) is 27.9 Å². The largest absolute Gasteiger partial charge is 0.494 e. The van der Waals surface area contributed by atoms with E-state index < -0.39 is 30.1 Å². The fourth-order valence-electron chi connectivity index (χ4n) is 2.75. The molecule has 2 aromatic rings. The van der Waals surface area contributed by atoms with Crippen molar-refractivity contribution in [3.8, 4) is 5.69 Å². The van der Waals surface area contributed by atoms with Gasteiger partial charge in [-0.25, -0.2) is 4.98 Å². The van der Waals surface area contributed by atoms with Crippen molar-refractivity contribution in [1.29, 1.82) is 0 Å². The minimum absolute atomic E-state index is 0.0303. The molecule has 1 saturated heterocycles. The van der Waals surface area contributed by atoms with E-state index in [2.05, 4.69) is 4.98 Å². The number of aryl methyl sites for hydroxylation is 1. The second-order valence-corrected chi connectivity index (χ2v) is 7.21. The summed E-state index contributed by atoms with van der Waals surface area (Å²) in [5.74, 6) is 0.480. The highest BCUT2D eigenvalue weighted by molar-refractivity contribution is 6.62. The average molecular weight is 352 g/mol. The average Bonchev–Trinajstić information content (AvgIpc) is 2.98. The Labute approximate surface area is 145 Å². The molecule has 0 N–H and O–H groups in total. The molecule has 134 valence electrons. The standard InChI is InChI=1S/C17H20BF3N2O2/c1-11-22-8-9-23(11)14-7-6-12(10-13(14)17(19,20)21)18-24-15(2,3)16(4,5)25-18/h6-10H,1-5H3. The Bertz CT molecular complexity index is 783. The molecule has 1 aromatic carbocycles. The number of hydrogen-bond donors (Lipinski definition) is 0. The first-order chi connectivity index (χ1) is 11.4. The molecule has 1 aliphatic heterocycles. The van der Waals surface area contributed by atoms with Crippen LogP contribution < -0.4 is 5.46 Å². The Morgan fingerprint density at radius 2 is 1.68 bits per heavy atom. The van der Waals surface area contributed by atoms with E-state index in [9.17, 15) is 13.2 Å². The van der Waals surface area contributed by atoms with Gasteiger partial charge in [0.1, 0.15) is 5.82 Å². The van der Waals surface area contributed by atoms with E-state index in [-0.39, 0.29) is 5.69 Å². The molecule has 8 heteroatoms. The number of alkyl halides is 3. The Morgan fingerprint density at radius 1 is 1.08 bits per heavy atom. The normalized spacial score (nSPS) is 19.4. The number of benzene rings is 1. The van der Waals surface area contributed by atoms with E-state index in [4.69, 9.17) is 9.31 Å². The van der Waals surface area contributed by atoms with Gasteiger partial charge in [-0.05, 0) is 52.2 Å². The van der Waals surface area contributed by atoms with Crippen LogP contribution in [0, 0.1) is 6.92 Å². The highest BCUT2D eigenvalue weighted by atomic mass is 19.4. The van der Waals surface area contributed by atoms with Gasteiger partial charge in [0, 0.05) is 12.4 Å².